The Hall–Kier alpha value is -0.0400. The highest BCUT2D eigenvalue weighted by Crippen LogP contribution is 2.28. The van der Waals surface area contributed by atoms with E-state index in [-0.39, 0.29) is 0 Å². The van der Waals surface area contributed by atoms with Gasteiger partial charge < -0.3 is 5.32 Å². The highest BCUT2D eigenvalue weighted by Gasteiger charge is 2.16. The molecule has 0 radical (unpaired) electrons. The van der Waals surface area contributed by atoms with Crippen LogP contribution in [0.15, 0.2) is 0 Å². The van der Waals surface area contributed by atoms with Crippen LogP contribution in [0.1, 0.15) is 71.1 Å². The van der Waals surface area contributed by atoms with Crippen LogP contribution in [0.25, 0.3) is 0 Å². The second kappa shape index (κ2) is 9.04. The molecule has 0 heterocycles. The summed E-state index contributed by atoms with van der Waals surface area (Å²) in [6, 6.07) is 0. The predicted octanol–water partition coefficient (Wildman–Crippen LogP) is 4.37. The van der Waals surface area contributed by atoms with Gasteiger partial charge in [-0.25, -0.2) is 0 Å². The molecule has 96 valence electrons. The summed E-state index contributed by atoms with van der Waals surface area (Å²) < 4.78 is 0. The molecule has 0 aliphatic heterocycles. The number of rotatable bonds is 4. The van der Waals surface area contributed by atoms with E-state index in [9.17, 15) is 0 Å². The lowest BCUT2D eigenvalue weighted by Crippen LogP contribution is -2.18. The van der Waals surface area contributed by atoms with Gasteiger partial charge >= 0.3 is 0 Å². The number of hydrogen-bond donors (Lipinski definition) is 1. The molecule has 1 heteroatoms. The number of nitrogens with one attached hydrogen (secondary N) is 1. The van der Waals surface area contributed by atoms with Gasteiger partial charge in [-0.3, -0.25) is 0 Å². The fraction of sp³-hybridized carbons (Fsp3) is 1.00. The SMILES string of the molecule is CNCCC(C)C1CCCCCCCCC1. The molecule has 1 fully saturated rings. The molecule has 1 unspecified atom stereocenters. The Morgan fingerprint density at radius 3 is 1.94 bits per heavy atom. The van der Waals surface area contributed by atoms with Gasteiger partial charge in [0.05, 0.1) is 0 Å². The first-order valence-corrected chi connectivity index (χ1v) is 7.49. The predicted molar refractivity (Wildman–Crippen MR) is 72.8 cm³/mol. The van der Waals surface area contributed by atoms with Crippen LogP contribution >= 0.6 is 0 Å². The van der Waals surface area contributed by atoms with Crippen molar-refractivity contribution in [1.29, 1.82) is 0 Å². The van der Waals surface area contributed by atoms with Crippen molar-refractivity contribution in [3.8, 4) is 0 Å². The van der Waals surface area contributed by atoms with Crippen molar-refractivity contribution in [2.45, 2.75) is 71.1 Å². The Labute approximate surface area is 102 Å². The van der Waals surface area contributed by atoms with Crippen molar-refractivity contribution in [2.75, 3.05) is 13.6 Å². The topological polar surface area (TPSA) is 12.0 Å². The highest BCUT2D eigenvalue weighted by atomic mass is 14.8. The zero-order chi connectivity index (χ0) is 11.6. The Kier molecular flexibility index (Phi) is 7.92. The van der Waals surface area contributed by atoms with Crippen LogP contribution in [0.4, 0.5) is 0 Å². The smallest absolute Gasteiger partial charge is 0.00493 e. The molecule has 1 N–H and O–H groups in total. The van der Waals surface area contributed by atoms with Crippen molar-refractivity contribution in [3.63, 3.8) is 0 Å². The summed E-state index contributed by atoms with van der Waals surface area (Å²) >= 11 is 0. The molecule has 1 nitrogen and oxygen atoms in total. The van der Waals surface area contributed by atoms with Gasteiger partial charge in [0.25, 0.3) is 0 Å². The van der Waals surface area contributed by atoms with Crippen LogP contribution in [0.5, 0.6) is 0 Å². The maximum Gasteiger partial charge on any atom is -0.00493 e. The second-order valence-corrected chi connectivity index (χ2v) is 5.68. The highest BCUT2D eigenvalue weighted by molar-refractivity contribution is 4.69. The molecular weight excluding hydrogens is 194 g/mol. The summed E-state index contributed by atoms with van der Waals surface area (Å²) in [5.74, 6) is 1.93. The van der Waals surface area contributed by atoms with Gasteiger partial charge in [-0.1, -0.05) is 64.7 Å². The Balaban J connectivity index is 2.28. The minimum Gasteiger partial charge on any atom is -0.320 e. The summed E-state index contributed by atoms with van der Waals surface area (Å²) in [6.45, 7) is 3.66. The fourth-order valence-electron chi connectivity index (χ4n) is 3.02. The largest absolute Gasteiger partial charge is 0.320 e. The lowest BCUT2D eigenvalue weighted by atomic mass is 9.82. The molecule has 0 aromatic carbocycles. The van der Waals surface area contributed by atoms with Crippen molar-refractivity contribution in [2.24, 2.45) is 11.8 Å². The second-order valence-electron chi connectivity index (χ2n) is 5.68. The fourth-order valence-corrected chi connectivity index (χ4v) is 3.02. The first-order valence-electron chi connectivity index (χ1n) is 7.49. The van der Waals surface area contributed by atoms with Crippen LogP contribution in [0, 0.1) is 11.8 Å². The van der Waals surface area contributed by atoms with Gasteiger partial charge in [0.15, 0.2) is 0 Å². The first kappa shape index (κ1) is 14.0. The minimum atomic E-state index is 0.923. The molecule has 1 atom stereocenters. The monoisotopic (exact) mass is 225 g/mol. The van der Waals surface area contributed by atoms with Crippen molar-refractivity contribution in [3.05, 3.63) is 0 Å². The molecule has 0 aromatic heterocycles. The van der Waals surface area contributed by atoms with Crippen LogP contribution < -0.4 is 5.32 Å². The van der Waals surface area contributed by atoms with Gasteiger partial charge in [-0.05, 0) is 31.8 Å². The molecule has 0 aromatic rings. The minimum absolute atomic E-state index is 0.923. The summed E-state index contributed by atoms with van der Waals surface area (Å²) in [4.78, 5) is 0. The summed E-state index contributed by atoms with van der Waals surface area (Å²) in [7, 11) is 2.07. The molecule has 0 spiro atoms. The quantitative estimate of drug-likeness (QED) is 0.749. The standard InChI is InChI=1S/C15H31N/c1-14(12-13-16-2)15-10-8-6-4-3-5-7-9-11-15/h14-16H,3-13H2,1-2H3. The van der Waals surface area contributed by atoms with Crippen molar-refractivity contribution < 1.29 is 0 Å². The van der Waals surface area contributed by atoms with E-state index in [2.05, 4.69) is 19.3 Å². The third kappa shape index (κ3) is 5.89. The lowest BCUT2D eigenvalue weighted by molar-refractivity contribution is 0.275. The van der Waals surface area contributed by atoms with Gasteiger partial charge in [0, 0.05) is 0 Å². The van der Waals surface area contributed by atoms with E-state index in [1.165, 1.54) is 70.8 Å². The molecule has 0 saturated heterocycles. The van der Waals surface area contributed by atoms with E-state index in [1.54, 1.807) is 0 Å². The van der Waals surface area contributed by atoms with Gasteiger partial charge in [-0.2, -0.15) is 0 Å². The molecule has 1 aliphatic carbocycles. The molecule has 0 amide bonds. The normalized spacial score (nSPS) is 22.9. The molecule has 0 bridgehead atoms. The molecule has 1 saturated carbocycles. The maximum atomic E-state index is 3.29. The number of hydrogen-bond acceptors (Lipinski definition) is 1. The summed E-state index contributed by atoms with van der Waals surface area (Å²) in [5, 5.41) is 3.29. The van der Waals surface area contributed by atoms with E-state index < -0.39 is 0 Å². The molecule has 1 aliphatic rings. The van der Waals surface area contributed by atoms with E-state index in [4.69, 9.17) is 0 Å². The van der Waals surface area contributed by atoms with E-state index in [1.807, 2.05) is 0 Å². The Morgan fingerprint density at radius 2 is 1.44 bits per heavy atom. The zero-order valence-electron chi connectivity index (χ0n) is 11.4. The van der Waals surface area contributed by atoms with Crippen molar-refractivity contribution >= 4 is 0 Å². The van der Waals surface area contributed by atoms with E-state index >= 15 is 0 Å². The molecular formula is C15H31N. The summed E-state index contributed by atoms with van der Waals surface area (Å²) in [5.41, 5.74) is 0. The molecule has 16 heavy (non-hydrogen) atoms. The average molecular weight is 225 g/mol. The van der Waals surface area contributed by atoms with Crippen LogP contribution in [-0.2, 0) is 0 Å². The summed E-state index contributed by atoms with van der Waals surface area (Å²) in [6.07, 6.45) is 14.7. The van der Waals surface area contributed by atoms with Crippen LogP contribution in [0.2, 0.25) is 0 Å². The average Bonchev–Trinajstić information content (AvgIpc) is 2.32. The van der Waals surface area contributed by atoms with Gasteiger partial charge in [0.2, 0.25) is 0 Å². The first-order chi connectivity index (χ1) is 7.84. The van der Waals surface area contributed by atoms with Crippen LogP contribution in [-0.4, -0.2) is 13.6 Å². The maximum absolute atomic E-state index is 3.29. The Morgan fingerprint density at radius 1 is 0.938 bits per heavy atom. The van der Waals surface area contributed by atoms with Gasteiger partial charge in [-0.15, -0.1) is 0 Å². The van der Waals surface area contributed by atoms with E-state index in [0.717, 1.165) is 11.8 Å². The Bertz CT molecular complexity index is 146. The lowest BCUT2D eigenvalue weighted by Gasteiger charge is -2.25. The third-order valence-corrected chi connectivity index (χ3v) is 4.30. The van der Waals surface area contributed by atoms with Crippen LogP contribution in [0.3, 0.4) is 0 Å². The van der Waals surface area contributed by atoms with Crippen molar-refractivity contribution in [1.82, 2.24) is 5.32 Å². The van der Waals surface area contributed by atoms with E-state index in [0.29, 0.717) is 0 Å². The molecule has 1 rings (SSSR count). The zero-order valence-corrected chi connectivity index (χ0v) is 11.4. The van der Waals surface area contributed by atoms with Gasteiger partial charge in [0.1, 0.15) is 0 Å². The third-order valence-electron chi connectivity index (χ3n) is 4.30.